The second kappa shape index (κ2) is 10.5. The molecule has 2 atom stereocenters. The Bertz CT molecular complexity index is 1110. The second-order valence-corrected chi connectivity index (χ2v) is 9.03. The lowest BCUT2D eigenvalue weighted by Gasteiger charge is -2.28. The molecule has 4 rings (SSSR count). The number of carbonyl (C=O) groups excluding carboxylic acids is 2. The Morgan fingerprint density at radius 3 is 2.43 bits per heavy atom. The molecule has 2 aromatic carbocycles. The van der Waals surface area contributed by atoms with Gasteiger partial charge in [-0.3, -0.25) is 9.59 Å². The maximum absolute atomic E-state index is 13.3. The lowest BCUT2D eigenvalue weighted by atomic mass is 9.94. The van der Waals surface area contributed by atoms with Crippen LogP contribution < -0.4 is 9.64 Å². The highest BCUT2D eigenvalue weighted by Crippen LogP contribution is 2.41. The van der Waals surface area contributed by atoms with E-state index in [0.717, 1.165) is 42.7 Å². The van der Waals surface area contributed by atoms with Gasteiger partial charge in [-0.05, 0) is 75.1 Å². The number of rotatable bonds is 8. The molecular weight excluding hydrogens is 444 g/mol. The van der Waals surface area contributed by atoms with Gasteiger partial charge >= 0.3 is 0 Å². The summed E-state index contributed by atoms with van der Waals surface area (Å²) in [4.78, 5) is 30.3. The zero-order valence-corrected chi connectivity index (χ0v) is 20.9. The van der Waals surface area contributed by atoms with Crippen LogP contribution in [0.1, 0.15) is 49.4 Å². The van der Waals surface area contributed by atoms with Crippen LogP contribution in [0.2, 0.25) is 0 Å². The van der Waals surface area contributed by atoms with Gasteiger partial charge in [-0.25, -0.2) is 0 Å². The van der Waals surface area contributed by atoms with E-state index in [4.69, 9.17) is 9.47 Å². The first-order valence-corrected chi connectivity index (χ1v) is 12.3. The van der Waals surface area contributed by atoms with Gasteiger partial charge in [-0.2, -0.15) is 0 Å². The van der Waals surface area contributed by atoms with Crippen molar-refractivity contribution in [3.05, 3.63) is 64.7 Å². The van der Waals surface area contributed by atoms with E-state index in [0.29, 0.717) is 24.5 Å². The number of likely N-dealkylation sites (tertiary alicyclic amines) is 1. The minimum Gasteiger partial charge on any atom is -0.507 e. The minimum atomic E-state index is -0.688. The van der Waals surface area contributed by atoms with E-state index in [1.807, 2.05) is 31.2 Å². The Hall–Kier alpha value is -3.32. The first kappa shape index (κ1) is 24.8. The number of ketones is 1. The molecule has 2 aromatic rings. The number of amides is 1. The minimum absolute atomic E-state index is 0.105. The van der Waals surface area contributed by atoms with Gasteiger partial charge < -0.3 is 24.4 Å². The predicted octanol–water partition coefficient (Wildman–Crippen LogP) is 4.45. The number of nitrogens with zero attached hydrogens (tertiary/aromatic N) is 2. The van der Waals surface area contributed by atoms with Crippen LogP contribution in [0.5, 0.6) is 5.75 Å². The van der Waals surface area contributed by atoms with E-state index in [1.54, 1.807) is 30.2 Å². The number of methoxy groups -OCH3 is 1. The summed E-state index contributed by atoms with van der Waals surface area (Å²) in [6.45, 7) is 8.80. The monoisotopic (exact) mass is 478 g/mol. The van der Waals surface area contributed by atoms with E-state index in [1.165, 1.54) is 0 Å². The molecule has 0 radical (unpaired) electrons. The average molecular weight is 479 g/mol. The van der Waals surface area contributed by atoms with Crippen molar-refractivity contribution in [2.45, 2.75) is 45.8 Å². The summed E-state index contributed by atoms with van der Waals surface area (Å²) in [6.07, 6.45) is 1.66. The summed E-state index contributed by atoms with van der Waals surface area (Å²) in [5, 5.41) is 11.3. The van der Waals surface area contributed by atoms with Gasteiger partial charge in [0.1, 0.15) is 11.5 Å². The van der Waals surface area contributed by atoms with Crippen molar-refractivity contribution in [1.82, 2.24) is 4.90 Å². The average Bonchev–Trinajstić information content (AvgIpc) is 3.47. The highest BCUT2D eigenvalue weighted by molar-refractivity contribution is 6.46. The number of Topliss-reactive ketones (excluding diaryl/α,β-unsaturated/α-hetero) is 1. The Kier molecular flexibility index (Phi) is 7.45. The molecule has 0 saturated carbocycles. The van der Waals surface area contributed by atoms with Crippen LogP contribution in [0.3, 0.4) is 0 Å². The van der Waals surface area contributed by atoms with Crippen LogP contribution in [0, 0.1) is 6.92 Å². The van der Waals surface area contributed by atoms with Crippen LogP contribution in [-0.4, -0.2) is 61.2 Å². The van der Waals surface area contributed by atoms with Crippen molar-refractivity contribution >= 4 is 23.1 Å². The number of ether oxygens (including phenoxy) is 2. The summed E-state index contributed by atoms with van der Waals surface area (Å²) in [7, 11) is 1.58. The van der Waals surface area contributed by atoms with E-state index < -0.39 is 17.7 Å². The van der Waals surface area contributed by atoms with Crippen molar-refractivity contribution < 1.29 is 24.2 Å². The van der Waals surface area contributed by atoms with Crippen LogP contribution in [0.25, 0.3) is 5.76 Å². The summed E-state index contributed by atoms with van der Waals surface area (Å²) in [5.74, 6) is -0.775. The molecule has 0 aromatic heterocycles. The summed E-state index contributed by atoms with van der Waals surface area (Å²) >= 11 is 0. The van der Waals surface area contributed by atoms with Crippen LogP contribution in [-0.2, 0) is 14.3 Å². The fourth-order valence-electron chi connectivity index (χ4n) is 5.06. The molecule has 186 valence electrons. The molecular formula is C28H34N2O5. The second-order valence-electron chi connectivity index (χ2n) is 9.03. The molecule has 7 heteroatoms. The van der Waals surface area contributed by atoms with Gasteiger partial charge in [0, 0.05) is 37.5 Å². The van der Waals surface area contributed by atoms with Crippen molar-refractivity contribution in [2.24, 2.45) is 0 Å². The molecule has 0 spiro atoms. The molecule has 7 nitrogen and oxygen atoms in total. The molecule has 2 unspecified atom stereocenters. The molecule has 35 heavy (non-hydrogen) atoms. The molecule has 2 aliphatic heterocycles. The van der Waals surface area contributed by atoms with Crippen molar-refractivity contribution in [2.75, 3.05) is 38.3 Å². The number of benzene rings is 2. The molecule has 0 bridgehead atoms. The third kappa shape index (κ3) is 4.78. The summed E-state index contributed by atoms with van der Waals surface area (Å²) in [6, 6.07) is 12.4. The SMILES string of the molecule is CCN(CC)c1ccc(C2/C(=C(/O)c3ccc(OC)c(C)c3)C(=O)C(=O)N2CC2CCCO2)cc1. The normalized spacial score (nSPS) is 21.5. The smallest absolute Gasteiger partial charge is 0.295 e. The fraction of sp³-hybridized carbons (Fsp3) is 0.429. The molecule has 2 aliphatic rings. The molecule has 1 amide bonds. The fourth-order valence-corrected chi connectivity index (χ4v) is 5.06. The van der Waals surface area contributed by atoms with E-state index in [2.05, 4.69) is 18.7 Å². The molecule has 2 fully saturated rings. The van der Waals surface area contributed by atoms with E-state index in [-0.39, 0.29) is 17.4 Å². The maximum atomic E-state index is 13.3. The van der Waals surface area contributed by atoms with Crippen LogP contribution >= 0.6 is 0 Å². The number of hydrogen-bond donors (Lipinski definition) is 1. The molecule has 2 heterocycles. The maximum Gasteiger partial charge on any atom is 0.295 e. The molecule has 2 saturated heterocycles. The number of aliphatic hydroxyl groups is 1. The van der Waals surface area contributed by atoms with Crippen molar-refractivity contribution in [3.8, 4) is 5.75 Å². The van der Waals surface area contributed by atoms with Gasteiger partial charge in [0.15, 0.2) is 0 Å². The van der Waals surface area contributed by atoms with Crippen molar-refractivity contribution in [1.29, 1.82) is 0 Å². The Morgan fingerprint density at radius 2 is 1.86 bits per heavy atom. The lowest BCUT2D eigenvalue weighted by molar-refractivity contribution is -0.140. The zero-order valence-electron chi connectivity index (χ0n) is 20.9. The third-order valence-electron chi connectivity index (χ3n) is 6.97. The highest BCUT2D eigenvalue weighted by atomic mass is 16.5. The molecule has 0 aliphatic carbocycles. The van der Waals surface area contributed by atoms with E-state index in [9.17, 15) is 14.7 Å². The van der Waals surface area contributed by atoms with Crippen LogP contribution in [0.4, 0.5) is 5.69 Å². The number of hydrogen-bond acceptors (Lipinski definition) is 6. The number of aryl methyl sites for hydroxylation is 1. The van der Waals surface area contributed by atoms with Crippen molar-refractivity contribution in [3.63, 3.8) is 0 Å². The van der Waals surface area contributed by atoms with Gasteiger partial charge in [0.25, 0.3) is 11.7 Å². The largest absolute Gasteiger partial charge is 0.507 e. The first-order chi connectivity index (χ1) is 16.9. The van der Waals surface area contributed by atoms with Gasteiger partial charge in [0.05, 0.1) is 24.8 Å². The number of anilines is 1. The Labute approximate surface area is 206 Å². The van der Waals surface area contributed by atoms with E-state index >= 15 is 0 Å². The first-order valence-electron chi connectivity index (χ1n) is 12.3. The molecule has 1 N–H and O–H groups in total. The predicted molar refractivity (Wildman–Crippen MR) is 136 cm³/mol. The lowest BCUT2D eigenvalue weighted by Crippen LogP contribution is -2.36. The zero-order chi connectivity index (χ0) is 25.1. The van der Waals surface area contributed by atoms with Crippen LogP contribution in [0.15, 0.2) is 48.0 Å². The van der Waals surface area contributed by atoms with Gasteiger partial charge in [0.2, 0.25) is 0 Å². The standard InChI is InChI=1S/C28H34N2O5/c1-5-29(6-2)21-12-9-19(10-13-21)25-24(26(31)20-11-14-23(34-4)18(3)16-20)27(32)28(33)30(25)17-22-8-7-15-35-22/h9-14,16,22,25,31H,5-8,15,17H2,1-4H3/b26-24-. The Morgan fingerprint density at radius 1 is 1.14 bits per heavy atom. The Balaban J connectivity index is 1.80. The third-order valence-corrected chi connectivity index (χ3v) is 6.97. The number of aliphatic hydroxyl groups excluding tert-OH is 1. The quantitative estimate of drug-likeness (QED) is 0.343. The topological polar surface area (TPSA) is 79.3 Å². The number of carbonyl (C=O) groups is 2. The summed E-state index contributed by atoms with van der Waals surface area (Å²) in [5.41, 5.74) is 3.26. The highest BCUT2D eigenvalue weighted by Gasteiger charge is 2.47. The summed E-state index contributed by atoms with van der Waals surface area (Å²) < 4.78 is 11.1. The van der Waals surface area contributed by atoms with Gasteiger partial charge in [-0.15, -0.1) is 0 Å². The van der Waals surface area contributed by atoms with Gasteiger partial charge in [-0.1, -0.05) is 12.1 Å².